The fourth-order valence-electron chi connectivity index (χ4n) is 3.95. The van der Waals surface area contributed by atoms with Crippen LogP contribution in [0.15, 0.2) is 58.3 Å². The number of Topliss-reactive ketones (excluding diaryl/α,β-unsaturated/α-hetero) is 1. The number of hydrogen-bond acceptors (Lipinski definition) is 6. The molecule has 1 aliphatic rings. The fourth-order valence-corrected chi connectivity index (χ4v) is 5.89. The maximum absolute atomic E-state index is 12.5. The summed E-state index contributed by atoms with van der Waals surface area (Å²) in [5.41, 5.74) is 1.56. The van der Waals surface area contributed by atoms with Crippen LogP contribution in [0.1, 0.15) is 36.0 Å². The molecule has 1 unspecified atom stereocenters. The van der Waals surface area contributed by atoms with Crippen LogP contribution in [0.4, 0.5) is 5.69 Å². The van der Waals surface area contributed by atoms with Crippen LogP contribution in [0, 0.1) is 0 Å². The summed E-state index contributed by atoms with van der Waals surface area (Å²) in [5, 5.41) is 5.24. The summed E-state index contributed by atoms with van der Waals surface area (Å²) >= 11 is -1.51. The summed E-state index contributed by atoms with van der Waals surface area (Å²) in [6.07, 6.45) is 4.43. The van der Waals surface area contributed by atoms with Crippen LogP contribution in [-0.2, 0) is 21.2 Å². The first kappa shape index (κ1) is 24.7. The van der Waals surface area contributed by atoms with Gasteiger partial charge in [0.05, 0.1) is 0 Å². The van der Waals surface area contributed by atoms with Crippen LogP contribution in [0.2, 0.25) is 0 Å². The summed E-state index contributed by atoms with van der Waals surface area (Å²) in [5.74, 6) is -0.125. The Kier molecular flexibility index (Phi) is 8.72. The third-order valence-corrected chi connectivity index (χ3v) is 7.81. The first-order valence-corrected chi connectivity index (χ1v) is 13.9. The molecule has 0 saturated carbocycles. The van der Waals surface area contributed by atoms with E-state index in [2.05, 4.69) is 34.1 Å². The molecule has 9 heteroatoms. The highest BCUT2D eigenvalue weighted by Gasteiger charge is 2.23. The zero-order chi connectivity index (χ0) is 23.1. The number of hydrogen-bond donors (Lipinski definition) is 1. The lowest BCUT2D eigenvalue weighted by Gasteiger charge is -2.36. The third-order valence-electron chi connectivity index (χ3n) is 5.75. The van der Waals surface area contributed by atoms with E-state index in [1.54, 1.807) is 0 Å². The lowest BCUT2D eigenvalue weighted by molar-refractivity contribution is 0.0978. The molecule has 1 atom stereocenters. The van der Waals surface area contributed by atoms with Gasteiger partial charge in [-0.1, -0.05) is 24.6 Å². The molecule has 32 heavy (non-hydrogen) atoms. The lowest BCUT2D eigenvalue weighted by Crippen LogP contribution is -2.46. The first-order valence-electron chi connectivity index (χ1n) is 10.8. The van der Waals surface area contributed by atoms with E-state index >= 15 is 0 Å². The van der Waals surface area contributed by atoms with E-state index in [0.717, 1.165) is 52.0 Å². The molecule has 1 heterocycles. The van der Waals surface area contributed by atoms with Crippen LogP contribution in [-0.4, -0.2) is 62.6 Å². The quantitative estimate of drug-likeness (QED) is 0.320. The van der Waals surface area contributed by atoms with Crippen molar-refractivity contribution in [2.75, 3.05) is 43.9 Å². The van der Waals surface area contributed by atoms with Crippen LogP contribution in [0.3, 0.4) is 0 Å². The number of benzene rings is 2. The van der Waals surface area contributed by atoms with Gasteiger partial charge in [0, 0.05) is 43.9 Å². The molecule has 0 aliphatic carbocycles. The Morgan fingerprint density at radius 1 is 1.03 bits per heavy atom. The molecule has 0 amide bonds. The van der Waals surface area contributed by atoms with E-state index in [1.165, 1.54) is 30.1 Å². The van der Waals surface area contributed by atoms with Crippen molar-refractivity contribution in [1.29, 1.82) is 0 Å². The minimum atomic E-state index is -4.05. The minimum Gasteiger partial charge on any atom is -0.612 e. The molecule has 3 rings (SSSR count). The maximum Gasteiger partial charge on any atom is 0.243 e. The molecule has 0 aromatic heterocycles. The number of para-hydroxylation sites is 1. The average Bonchev–Trinajstić information content (AvgIpc) is 2.78. The van der Waals surface area contributed by atoms with Crippen molar-refractivity contribution >= 4 is 32.7 Å². The molecule has 1 saturated heterocycles. The fraction of sp³-hybridized carbons (Fsp3) is 0.435. The number of unbranched alkanes of at least 4 members (excludes halogenated alkanes) is 2. The summed E-state index contributed by atoms with van der Waals surface area (Å²) in [6.45, 7) is 5.13. The number of carbonyl (C=O) groups excluding carboxylic acids is 1. The molecular formula is C23H31N3O4S2. The Morgan fingerprint density at radius 2 is 1.72 bits per heavy atom. The zero-order valence-electron chi connectivity index (χ0n) is 18.4. The summed E-state index contributed by atoms with van der Waals surface area (Å²) < 4.78 is 35.4. The molecule has 2 N–H and O–H groups in total. The van der Waals surface area contributed by atoms with Crippen LogP contribution < -0.4 is 10.0 Å². The number of nitrogens with two attached hydrogens (primary N) is 1. The monoisotopic (exact) mass is 477 g/mol. The summed E-state index contributed by atoms with van der Waals surface area (Å²) in [4.78, 5) is 17.3. The van der Waals surface area contributed by atoms with Crippen molar-refractivity contribution < 1.29 is 17.8 Å². The van der Waals surface area contributed by atoms with E-state index < -0.39 is 21.2 Å². The van der Waals surface area contributed by atoms with Gasteiger partial charge in [-0.25, -0.2) is 13.6 Å². The van der Waals surface area contributed by atoms with Crippen molar-refractivity contribution in [3.8, 4) is 0 Å². The van der Waals surface area contributed by atoms with Gasteiger partial charge in [0.25, 0.3) is 0 Å². The second kappa shape index (κ2) is 11.3. The van der Waals surface area contributed by atoms with E-state index in [0.29, 0.717) is 12.0 Å². The molecule has 174 valence electrons. The van der Waals surface area contributed by atoms with Crippen LogP contribution in [0.25, 0.3) is 0 Å². The zero-order valence-corrected chi connectivity index (χ0v) is 20.0. The summed E-state index contributed by atoms with van der Waals surface area (Å²) in [6, 6.07) is 14.7. The maximum atomic E-state index is 12.5. The van der Waals surface area contributed by atoms with Gasteiger partial charge >= 0.3 is 0 Å². The van der Waals surface area contributed by atoms with Crippen molar-refractivity contribution in [3.05, 3.63) is 54.1 Å². The number of piperazine rings is 1. The Bertz CT molecular complexity index is 1010. The largest absolute Gasteiger partial charge is 0.612 e. The van der Waals surface area contributed by atoms with E-state index in [-0.39, 0.29) is 15.6 Å². The highest BCUT2D eigenvalue weighted by molar-refractivity contribution is 7.93. The van der Waals surface area contributed by atoms with Gasteiger partial charge in [0.2, 0.25) is 10.0 Å². The highest BCUT2D eigenvalue weighted by Crippen LogP contribution is 2.23. The third kappa shape index (κ3) is 6.79. The van der Waals surface area contributed by atoms with Crippen molar-refractivity contribution in [2.24, 2.45) is 5.14 Å². The molecule has 0 radical (unpaired) electrons. The van der Waals surface area contributed by atoms with Crippen molar-refractivity contribution in [1.82, 2.24) is 4.90 Å². The molecule has 1 fully saturated rings. The van der Waals surface area contributed by atoms with Crippen LogP contribution >= 0.6 is 0 Å². The Morgan fingerprint density at radius 3 is 2.34 bits per heavy atom. The molecule has 0 bridgehead atoms. The van der Waals surface area contributed by atoms with Gasteiger partial charge in [-0.15, -0.1) is 0 Å². The van der Waals surface area contributed by atoms with Gasteiger partial charge in [0.15, 0.2) is 10.7 Å². The SMILES string of the molecule is C[S+]([O-])c1ccc(C(=O)CCCCCN2CCN(c3ccccc3)CC2)cc1S(N)(=O)=O. The van der Waals surface area contributed by atoms with Gasteiger partial charge in [0.1, 0.15) is 11.2 Å². The van der Waals surface area contributed by atoms with Crippen LogP contribution in [0.5, 0.6) is 0 Å². The number of anilines is 1. The summed E-state index contributed by atoms with van der Waals surface area (Å²) in [7, 11) is -4.05. The number of sulfonamides is 1. The van der Waals surface area contributed by atoms with E-state index in [9.17, 15) is 17.8 Å². The molecule has 2 aromatic rings. The molecule has 7 nitrogen and oxygen atoms in total. The standard InChI is InChI=1S/C23H31N3O4S2/c1-31(28)22-12-11-19(18-23(22)32(24,29)30)21(27)10-6-3-7-13-25-14-16-26(17-15-25)20-8-4-2-5-9-20/h2,4-5,8-9,11-12,18H,3,6-7,10,13-17H2,1H3,(H2,24,29,30). The van der Waals surface area contributed by atoms with Gasteiger partial charge in [-0.2, -0.15) is 0 Å². The molecule has 0 spiro atoms. The van der Waals surface area contributed by atoms with Crippen molar-refractivity contribution in [3.63, 3.8) is 0 Å². The highest BCUT2D eigenvalue weighted by atomic mass is 32.2. The second-order valence-corrected chi connectivity index (χ2v) is 10.9. The van der Waals surface area contributed by atoms with Gasteiger partial charge in [-0.05, 0) is 60.9 Å². The smallest absolute Gasteiger partial charge is 0.243 e. The predicted octanol–water partition coefficient (Wildman–Crippen LogP) is 2.64. The number of primary sulfonamides is 1. The number of carbonyl (C=O) groups is 1. The van der Waals surface area contributed by atoms with Gasteiger partial charge in [-0.3, -0.25) is 9.69 Å². The molecular weight excluding hydrogens is 446 g/mol. The number of nitrogens with zero attached hydrogens (tertiary/aromatic N) is 2. The van der Waals surface area contributed by atoms with Gasteiger partial charge < -0.3 is 9.45 Å². The molecule has 1 aliphatic heterocycles. The average molecular weight is 478 g/mol. The topological polar surface area (TPSA) is 107 Å². The Balaban J connectivity index is 1.40. The Hall–Kier alpha value is -1.91. The van der Waals surface area contributed by atoms with E-state index in [1.807, 2.05) is 6.07 Å². The molecule has 2 aromatic carbocycles. The predicted molar refractivity (Wildman–Crippen MR) is 128 cm³/mol. The normalized spacial score (nSPS) is 16.2. The van der Waals surface area contributed by atoms with E-state index in [4.69, 9.17) is 5.14 Å². The second-order valence-electron chi connectivity index (χ2n) is 8.06. The number of rotatable bonds is 10. The first-order chi connectivity index (χ1) is 15.3. The number of ketones is 1. The Labute approximate surface area is 193 Å². The van der Waals surface area contributed by atoms with Crippen molar-refractivity contribution in [2.45, 2.75) is 35.5 Å². The lowest BCUT2D eigenvalue weighted by atomic mass is 10.0. The minimum absolute atomic E-state index is 0.122.